The molecule has 0 aromatic rings. The van der Waals surface area contributed by atoms with Gasteiger partial charge in [0, 0.05) is 6.54 Å². The summed E-state index contributed by atoms with van der Waals surface area (Å²) in [6, 6.07) is -1.10. The van der Waals surface area contributed by atoms with Gasteiger partial charge in [-0.05, 0) is 25.2 Å². The molecule has 122 valence electrons. The first-order chi connectivity index (χ1) is 9.62. The molecule has 1 N–H and O–H groups in total. The van der Waals surface area contributed by atoms with Crippen molar-refractivity contribution < 1.29 is 27.9 Å². The first-order valence-electron chi connectivity index (χ1n) is 7.00. The number of ether oxygens (including phenoxy) is 1. The highest BCUT2D eigenvalue weighted by atomic mass is 32.2. The smallest absolute Gasteiger partial charge is 0.322 e. The van der Waals surface area contributed by atoms with Gasteiger partial charge in [-0.1, -0.05) is 13.8 Å². The van der Waals surface area contributed by atoms with Crippen LogP contribution in [0.4, 0.5) is 0 Å². The van der Waals surface area contributed by atoms with Gasteiger partial charge in [-0.25, -0.2) is 8.42 Å². The fraction of sp³-hybridized carbons (Fsp3) is 0.846. The van der Waals surface area contributed by atoms with E-state index in [1.54, 1.807) is 20.8 Å². The van der Waals surface area contributed by atoms with Crippen LogP contribution in [0.15, 0.2) is 0 Å². The van der Waals surface area contributed by atoms with Gasteiger partial charge in [0.25, 0.3) is 0 Å². The maximum atomic E-state index is 12.4. The molecule has 8 heteroatoms. The van der Waals surface area contributed by atoms with Crippen LogP contribution in [0.3, 0.4) is 0 Å². The molecule has 0 bridgehead atoms. The summed E-state index contributed by atoms with van der Waals surface area (Å²) in [5.41, 5.74) is -0.638. The average Bonchev–Trinajstić information content (AvgIpc) is 2.35. The van der Waals surface area contributed by atoms with E-state index < -0.39 is 39.2 Å². The summed E-state index contributed by atoms with van der Waals surface area (Å²) in [6.07, 6.45) is 0.989. The molecule has 0 aromatic carbocycles. The molecule has 1 saturated heterocycles. The third kappa shape index (κ3) is 4.41. The number of carbonyl (C=O) groups excluding carboxylic acids is 1. The Labute approximate surface area is 125 Å². The molecule has 1 heterocycles. The number of rotatable bonds is 6. The number of carboxylic acids is 1. The zero-order chi connectivity index (χ0) is 16.3. The van der Waals surface area contributed by atoms with Crippen molar-refractivity contribution in [2.75, 3.05) is 18.9 Å². The lowest BCUT2D eigenvalue weighted by molar-refractivity contribution is -0.147. The Hall–Kier alpha value is -1.15. The average molecular weight is 321 g/mol. The maximum absolute atomic E-state index is 12.4. The fourth-order valence-corrected chi connectivity index (χ4v) is 4.43. The van der Waals surface area contributed by atoms with Crippen LogP contribution >= 0.6 is 0 Å². The monoisotopic (exact) mass is 321 g/mol. The van der Waals surface area contributed by atoms with Crippen LogP contribution in [0.5, 0.6) is 0 Å². The van der Waals surface area contributed by atoms with Gasteiger partial charge in [-0.2, -0.15) is 4.31 Å². The molecule has 0 amide bonds. The number of aliphatic carboxylic acids is 1. The quantitative estimate of drug-likeness (QED) is 0.728. The van der Waals surface area contributed by atoms with Gasteiger partial charge in [0.1, 0.15) is 6.04 Å². The van der Waals surface area contributed by atoms with Gasteiger partial charge < -0.3 is 9.84 Å². The second-order valence-corrected chi connectivity index (χ2v) is 7.86. The summed E-state index contributed by atoms with van der Waals surface area (Å²) >= 11 is 0. The van der Waals surface area contributed by atoms with Crippen LogP contribution in [0.1, 0.15) is 40.0 Å². The van der Waals surface area contributed by atoms with Gasteiger partial charge in [0.2, 0.25) is 10.0 Å². The molecular weight excluding hydrogens is 298 g/mol. The minimum Gasteiger partial charge on any atom is -0.480 e. The van der Waals surface area contributed by atoms with Crippen molar-refractivity contribution in [1.29, 1.82) is 0 Å². The van der Waals surface area contributed by atoms with E-state index in [-0.39, 0.29) is 19.6 Å². The van der Waals surface area contributed by atoms with Crippen molar-refractivity contribution in [2.24, 2.45) is 5.41 Å². The summed E-state index contributed by atoms with van der Waals surface area (Å²) in [5, 5.41) is 9.37. The summed E-state index contributed by atoms with van der Waals surface area (Å²) in [4.78, 5) is 22.8. The number of sulfonamides is 1. The van der Waals surface area contributed by atoms with Crippen LogP contribution in [0, 0.1) is 5.41 Å². The first kappa shape index (κ1) is 17.9. The second kappa shape index (κ2) is 6.74. The minimum absolute atomic E-state index is 0.172. The molecule has 0 spiro atoms. The number of hydrogen-bond donors (Lipinski definition) is 1. The largest absolute Gasteiger partial charge is 0.480 e. The van der Waals surface area contributed by atoms with E-state index in [0.717, 1.165) is 4.31 Å². The molecule has 0 aliphatic carbocycles. The third-order valence-electron chi connectivity index (χ3n) is 3.69. The van der Waals surface area contributed by atoms with Gasteiger partial charge >= 0.3 is 11.9 Å². The molecule has 21 heavy (non-hydrogen) atoms. The van der Waals surface area contributed by atoms with E-state index in [4.69, 9.17) is 4.74 Å². The molecule has 1 aliphatic heterocycles. The number of hydrogen-bond acceptors (Lipinski definition) is 5. The van der Waals surface area contributed by atoms with Crippen molar-refractivity contribution in [1.82, 2.24) is 4.31 Å². The number of piperidine rings is 1. The van der Waals surface area contributed by atoms with Gasteiger partial charge in [0.05, 0.1) is 18.8 Å². The lowest BCUT2D eigenvalue weighted by Gasteiger charge is -2.43. The Kier molecular flexibility index (Phi) is 5.75. The highest BCUT2D eigenvalue weighted by molar-refractivity contribution is 7.89. The predicted molar refractivity (Wildman–Crippen MR) is 76.2 cm³/mol. The van der Waals surface area contributed by atoms with E-state index in [0.29, 0.717) is 12.8 Å². The molecular formula is C13H23NO6S. The Morgan fingerprint density at radius 3 is 2.52 bits per heavy atom. The normalized spacial score (nSPS) is 22.7. The van der Waals surface area contributed by atoms with Crippen LogP contribution in [-0.4, -0.2) is 54.7 Å². The standard InChI is InChI=1S/C13H23NO6S/c1-4-20-10(15)6-9-21(18,19)14-8-5-7-13(2,3)11(14)12(16)17/h11H,4-9H2,1-3H3,(H,16,17). The SMILES string of the molecule is CCOC(=O)CCS(=O)(=O)N1CCCC(C)(C)C1C(=O)O. The van der Waals surface area contributed by atoms with Crippen molar-refractivity contribution >= 4 is 22.0 Å². The summed E-state index contributed by atoms with van der Waals surface area (Å²) in [6.45, 7) is 5.50. The molecule has 1 unspecified atom stereocenters. The lowest BCUT2D eigenvalue weighted by Crippen LogP contribution is -2.56. The van der Waals surface area contributed by atoms with Crippen LogP contribution in [0.25, 0.3) is 0 Å². The fourth-order valence-electron chi connectivity index (χ4n) is 2.67. The zero-order valence-corrected chi connectivity index (χ0v) is 13.5. The molecule has 7 nitrogen and oxygen atoms in total. The van der Waals surface area contributed by atoms with Gasteiger partial charge in [0.15, 0.2) is 0 Å². The van der Waals surface area contributed by atoms with Crippen molar-refractivity contribution in [3.05, 3.63) is 0 Å². The first-order valence-corrected chi connectivity index (χ1v) is 8.60. The summed E-state index contributed by atoms with van der Waals surface area (Å²) in [7, 11) is -3.81. The van der Waals surface area contributed by atoms with Gasteiger partial charge in [-0.3, -0.25) is 9.59 Å². The van der Waals surface area contributed by atoms with E-state index in [1.165, 1.54) is 0 Å². The number of carboxylic acid groups (broad SMARTS) is 1. The Morgan fingerprint density at radius 1 is 1.38 bits per heavy atom. The third-order valence-corrected chi connectivity index (χ3v) is 5.52. The highest BCUT2D eigenvalue weighted by Crippen LogP contribution is 2.36. The number of carbonyl (C=O) groups is 2. The van der Waals surface area contributed by atoms with Crippen molar-refractivity contribution in [3.63, 3.8) is 0 Å². The molecule has 0 aromatic heterocycles. The zero-order valence-electron chi connectivity index (χ0n) is 12.7. The number of esters is 1. The topological polar surface area (TPSA) is 101 Å². The maximum Gasteiger partial charge on any atom is 0.322 e. The van der Waals surface area contributed by atoms with E-state index in [2.05, 4.69) is 0 Å². The van der Waals surface area contributed by atoms with Crippen LogP contribution in [0.2, 0.25) is 0 Å². The predicted octanol–water partition coefficient (Wildman–Crippen LogP) is 0.845. The molecule has 0 radical (unpaired) electrons. The van der Waals surface area contributed by atoms with Crippen LogP contribution < -0.4 is 0 Å². The summed E-state index contributed by atoms with van der Waals surface area (Å²) < 4.78 is 30.4. The van der Waals surface area contributed by atoms with Crippen LogP contribution in [-0.2, 0) is 24.3 Å². The second-order valence-electron chi connectivity index (χ2n) is 5.81. The van der Waals surface area contributed by atoms with Gasteiger partial charge in [-0.15, -0.1) is 0 Å². The highest BCUT2D eigenvalue weighted by Gasteiger charge is 2.47. The van der Waals surface area contributed by atoms with Crippen molar-refractivity contribution in [2.45, 2.75) is 46.1 Å². The summed E-state index contributed by atoms with van der Waals surface area (Å²) in [5.74, 6) is -2.17. The Bertz CT molecular complexity index is 499. The van der Waals surface area contributed by atoms with Crippen molar-refractivity contribution in [3.8, 4) is 0 Å². The Morgan fingerprint density at radius 2 is 2.00 bits per heavy atom. The molecule has 0 saturated carbocycles. The van der Waals surface area contributed by atoms with E-state index in [9.17, 15) is 23.1 Å². The molecule has 1 aliphatic rings. The van der Waals surface area contributed by atoms with E-state index >= 15 is 0 Å². The molecule has 1 atom stereocenters. The number of nitrogens with zero attached hydrogens (tertiary/aromatic N) is 1. The Balaban J connectivity index is 2.89. The minimum atomic E-state index is -3.81. The molecule has 1 fully saturated rings. The van der Waals surface area contributed by atoms with E-state index in [1.807, 2.05) is 0 Å². The molecule has 1 rings (SSSR count). The lowest BCUT2D eigenvalue weighted by atomic mass is 9.77.